The van der Waals surface area contributed by atoms with Gasteiger partial charge in [0, 0.05) is 19.8 Å². The summed E-state index contributed by atoms with van der Waals surface area (Å²) >= 11 is 0. The minimum atomic E-state index is -1.19. The first kappa shape index (κ1) is 21.1. The molecular weight excluding hydrogens is 363 g/mol. The second-order valence-corrected chi connectivity index (χ2v) is 6.64. The number of nitrogens with one attached hydrogen (secondary N) is 2. The molecule has 3 N–H and O–H groups in total. The van der Waals surface area contributed by atoms with E-state index in [2.05, 4.69) is 10.6 Å². The highest BCUT2D eigenvalue weighted by atomic mass is 19.1. The van der Waals surface area contributed by atoms with Crippen molar-refractivity contribution >= 4 is 17.8 Å². The van der Waals surface area contributed by atoms with Crippen LogP contribution in [-0.4, -0.2) is 35.0 Å². The van der Waals surface area contributed by atoms with Crippen molar-refractivity contribution in [3.05, 3.63) is 71.0 Å². The zero-order valence-electron chi connectivity index (χ0n) is 15.7. The van der Waals surface area contributed by atoms with Gasteiger partial charge in [0.2, 0.25) is 11.8 Å². The Kier molecular flexibility index (Phi) is 7.26. The summed E-state index contributed by atoms with van der Waals surface area (Å²) in [5.74, 6) is -2.85. The highest BCUT2D eigenvalue weighted by Crippen LogP contribution is 2.11. The van der Waals surface area contributed by atoms with E-state index in [0.29, 0.717) is 0 Å². The summed E-state index contributed by atoms with van der Waals surface area (Å²) in [6, 6.07) is 11.0. The fourth-order valence-corrected chi connectivity index (χ4v) is 2.77. The minimum Gasteiger partial charge on any atom is -0.480 e. The van der Waals surface area contributed by atoms with Crippen LogP contribution in [0.2, 0.25) is 0 Å². The number of hydrogen-bond acceptors (Lipinski definition) is 3. The largest absolute Gasteiger partial charge is 0.480 e. The molecular formula is C21H23FN2O4. The first-order valence-corrected chi connectivity index (χ1v) is 8.85. The normalized spacial score (nSPS) is 12.7. The Bertz CT molecular complexity index is 852. The summed E-state index contributed by atoms with van der Waals surface area (Å²) < 4.78 is 13.9. The van der Waals surface area contributed by atoms with E-state index in [1.54, 1.807) is 18.2 Å². The minimum absolute atomic E-state index is 0.0883. The monoisotopic (exact) mass is 386 g/mol. The maximum Gasteiger partial charge on any atom is 0.326 e. The van der Waals surface area contributed by atoms with E-state index in [9.17, 15) is 23.9 Å². The molecule has 0 saturated heterocycles. The fourth-order valence-electron chi connectivity index (χ4n) is 2.77. The van der Waals surface area contributed by atoms with Gasteiger partial charge in [-0.05, 0) is 24.1 Å². The molecule has 2 aromatic carbocycles. The predicted octanol–water partition coefficient (Wildman–Crippen LogP) is 1.99. The lowest BCUT2D eigenvalue weighted by Gasteiger charge is -2.21. The number of amides is 2. The van der Waals surface area contributed by atoms with Crippen molar-refractivity contribution in [2.24, 2.45) is 0 Å². The molecule has 0 bridgehead atoms. The number of aryl methyl sites for hydroxylation is 1. The standard InChI is InChI=1S/C21H23FN2O4/c1-13-7-9-15(10-8-13)11-19(21(27)28)24-20(26)18(23-14(2)25)12-16-5-3-4-6-17(16)22/h3-10,18-19H,11-12H2,1-2H3,(H,23,25)(H,24,26)(H,27,28)/t18-,19-/m1/s1. The van der Waals surface area contributed by atoms with Crippen LogP contribution in [0.5, 0.6) is 0 Å². The second kappa shape index (κ2) is 9.64. The van der Waals surface area contributed by atoms with Crippen molar-refractivity contribution in [2.75, 3.05) is 0 Å². The molecule has 2 amide bonds. The molecule has 0 radical (unpaired) electrons. The highest BCUT2D eigenvalue weighted by Gasteiger charge is 2.27. The van der Waals surface area contributed by atoms with Crippen molar-refractivity contribution in [1.29, 1.82) is 0 Å². The van der Waals surface area contributed by atoms with E-state index in [1.807, 2.05) is 19.1 Å². The molecule has 0 fully saturated rings. The molecule has 7 heteroatoms. The number of carboxylic acid groups (broad SMARTS) is 1. The third-order valence-corrected chi connectivity index (χ3v) is 4.25. The molecule has 0 aromatic heterocycles. The number of hydrogen-bond donors (Lipinski definition) is 3. The maximum atomic E-state index is 13.9. The fraction of sp³-hybridized carbons (Fsp3) is 0.286. The van der Waals surface area contributed by atoms with Crippen LogP contribution in [0.25, 0.3) is 0 Å². The number of carbonyl (C=O) groups is 3. The molecule has 148 valence electrons. The molecule has 0 unspecified atom stereocenters. The molecule has 2 atom stereocenters. The van der Waals surface area contributed by atoms with Gasteiger partial charge in [0.1, 0.15) is 17.9 Å². The van der Waals surface area contributed by atoms with Crippen LogP contribution in [0.4, 0.5) is 4.39 Å². The topological polar surface area (TPSA) is 95.5 Å². The lowest BCUT2D eigenvalue weighted by Crippen LogP contribution is -2.52. The summed E-state index contributed by atoms with van der Waals surface area (Å²) in [7, 11) is 0. The predicted molar refractivity (Wildman–Crippen MR) is 102 cm³/mol. The number of aliphatic carboxylic acids is 1. The molecule has 0 spiro atoms. The van der Waals surface area contributed by atoms with Crippen molar-refractivity contribution in [2.45, 2.75) is 38.8 Å². The van der Waals surface area contributed by atoms with E-state index in [-0.39, 0.29) is 18.4 Å². The zero-order valence-corrected chi connectivity index (χ0v) is 15.7. The summed E-state index contributed by atoms with van der Waals surface area (Å²) in [4.78, 5) is 35.7. The Morgan fingerprint density at radius 3 is 2.18 bits per heavy atom. The Morgan fingerprint density at radius 2 is 1.61 bits per heavy atom. The molecule has 0 aliphatic rings. The molecule has 0 heterocycles. The van der Waals surface area contributed by atoms with Crippen molar-refractivity contribution in [3.8, 4) is 0 Å². The van der Waals surface area contributed by atoms with Crippen LogP contribution in [0.15, 0.2) is 48.5 Å². The molecule has 6 nitrogen and oxygen atoms in total. The third-order valence-electron chi connectivity index (χ3n) is 4.25. The third kappa shape index (κ3) is 6.19. The zero-order chi connectivity index (χ0) is 20.7. The SMILES string of the molecule is CC(=O)N[C@H](Cc1ccccc1F)C(=O)N[C@H](Cc1ccc(C)cc1)C(=O)O. The highest BCUT2D eigenvalue weighted by molar-refractivity contribution is 5.90. The molecule has 0 aliphatic carbocycles. The van der Waals surface area contributed by atoms with Crippen LogP contribution >= 0.6 is 0 Å². The van der Waals surface area contributed by atoms with Gasteiger partial charge in [-0.3, -0.25) is 9.59 Å². The van der Waals surface area contributed by atoms with Crippen molar-refractivity contribution in [3.63, 3.8) is 0 Å². The van der Waals surface area contributed by atoms with Crippen LogP contribution in [0.1, 0.15) is 23.6 Å². The van der Waals surface area contributed by atoms with E-state index >= 15 is 0 Å². The Balaban J connectivity index is 2.14. The molecule has 0 saturated carbocycles. The van der Waals surface area contributed by atoms with Gasteiger partial charge in [0.25, 0.3) is 0 Å². The molecule has 2 rings (SSSR count). The van der Waals surface area contributed by atoms with Crippen LogP contribution in [0.3, 0.4) is 0 Å². The van der Waals surface area contributed by atoms with Crippen molar-refractivity contribution < 1.29 is 23.9 Å². The average Bonchev–Trinajstić information content (AvgIpc) is 2.63. The lowest BCUT2D eigenvalue weighted by molar-refractivity contribution is -0.142. The van der Waals surface area contributed by atoms with Crippen LogP contribution in [-0.2, 0) is 27.2 Å². The molecule has 28 heavy (non-hydrogen) atoms. The van der Waals surface area contributed by atoms with Gasteiger partial charge in [0.05, 0.1) is 0 Å². The number of halogens is 1. The van der Waals surface area contributed by atoms with Gasteiger partial charge in [0.15, 0.2) is 0 Å². The quantitative estimate of drug-likeness (QED) is 0.647. The summed E-state index contributed by atoms with van der Waals surface area (Å²) in [5.41, 5.74) is 2.04. The lowest BCUT2D eigenvalue weighted by atomic mass is 10.0. The Labute approximate surface area is 162 Å². The van der Waals surface area contributed by atoms with Gasteiger partial charge in [-0.1, -0.05) is 48.0 Å². The van der Waals surface area contributed by atoms with Crippen LogP contribution in [0, 0.1) is 12.7 Å². The molecule has 0 aliphatic heterocycles. The maximum absolute atomic E-state index is 13.9. The number of carbonyl (C=O) groups excluding carboxylic acids is 2. The van der Waals surface area contributed by atoms with E-state index < -0.39 is 35.7 Å². The summed E-state index contributed by atoms with van der Waals surface area (Å²) in [6.45, 7) is 3.16. The summed E-state index contributed by atoms with van der Waals surface area (Å²) in [5, 5.41) is 14.4. The van der Waals surface area contributed by atoms with Gasteiger partial charge < -0.3 is 15.7 Å². The second-order valence-electron chi connectivity index (χ2n) is 6.64. The summed E-state index contributed by atoms with van der Waals surface area (Å²) in [6.07, 6.45) is 0.00278. The number of benzene rings is 2. The van der Waals surface area contributed by atoms with Crippen molar-refractivity contribution in [1.82, 2.24) is 10.6 Å². The van der Waals surface area contributed by atoms with Crippen LogP contribution < -0.4 is 10.6 Å². The first-order valence-electron chi connectivity index (χ1n) is 8.85. The number of rotatable bonds is 8. The van der Waals surface area contributed by atoms with Gasteiger partial charge in [-0.15, -0.1) is 0 Å². The number of carboxylic acids is 1. The van der Waals surface area contributed by atoms with Gasteiger partial charge in [-0.2, -0.15) is 0 Å². The average molecular weight is 386 g/mol. The Hall–Kier alpha value is -3.22. The van der Waals surface area contributed by atoms with Gasteiger partial charge >= 0.3 is 5.97 Å². The van der Waals surface area contributed by atoms with E-state index in [0.717, 1.165) is 11.1 Å². The van der Waals surface area contributed by atoms with Gasteiger partial charge in [-0.25, -0.2) is 9.18 Å². The van der Waals surface area contributed by atoms with E-state index in [1.165, 1.54) is 25.1 Å². The first-order chi connectivity index (χ1) is 13.3. The van der Waals surface area contributed by atoms with E-state index in [4.69, 9.17) is 0 Å². The smallest absolute Gasteiger partial charge is 0.326 e. The molecule has 2 aromatic rings. The Morgan fingerprint density at radius 1 is 0.964 bits per heavy atom.